The first-order valence-electron chi connectivity index (χ1n) is 10.1. The van der Waals surface area contributed by atoms with Gasteiger partial charge in [0.1, 0.15) is 17.5 Å². The zero-order valence-electron chi connectivity index (χ0n) is 16.5. The van der Waals surface area contributed by atoms with Crippen molar-refractivity contribution in [1.29, 1.82) is 0 Å². The van der Waals surface area contributed by atoms with Gasteiger partial charge in [-0.1, -0.05) is 30.3 Å². The van der Waals surface area contributed by atoms with E-state index in [-0.39, 0.29) is 11.6 Å². The number of aromatic nitrogens is 1. The van der Waals surface area contributed by atoms with Crippen LogP contribution in [0.5, 0.6) is 0 Å². The molecule has 1 aliphatic rings. The maximum Gasteiger partial charge on any atom is 0.255 e. The van der Waals surface area contributed by atoms with E-state index in [0.717, 1.165) is 42.2 Å². The molecule has 0 bridgehead atoms. The van der Waals surface area contributed by atoms with Crippen LogP contribution in [0.2, 0.25) is 0 Å². The molecule has 2 N–H and O–H groups in total. The van der Waals surface area contributed by atoms with Gasteiger partial charge < -0.3 is 10.6 Å². The van der Waals surface area contributed by atoms with E-state index in [1.54, 1.807) is 12.1 Å². The number of aryl methyl sites for hydroxylation is 1. The van der Waals surface area contributed by atoms with Gasteiger partial charge >= 0.3 is 0 Å². The Morgan fingerprint density at radius 1 is 0.935 bits per heavy atom. The summed E-state index contributed by atoms with van der Waals surface area (Å²) in [5.41, 5.74) is 3.81. The lowest BCUT2D eigenvalue weighted by Gasteiger charge is -2.16. The Morgan fingerprint density at radius 3 is 2.58 bits per heavy atom. The van der Waals surface area contributed by atoms with Crippen LogP contribution in [0.25, 0.3) is 10.9 Å². The van der Waals surface area contributed by atoms with Gasteiger partial charge in [0.2, 0.25) is 0 Å². The normalized spacial score (nSPS) is 15.0. The summed E-state index contributed by atoms with van der Waals surface area (Å²) in [4.78, 5) is 17.2. The molecule has 5 rings (SSSR count). The molecule has 0 saturated heterocycles. The predicted molar refractivity (Wildman–Crippen MR) is 117 cm³/mol. The second-order valence-corrected chi connectivity index (χ2v) is 7.62. The third-order valence-corrected chi connectivity index (χ3v) is 5.56. The van der Waals surface area contributed by atoms with Gasteiger partial charge in [-0.3, -0.25) is 4.79 Å². The number of halogens is 2. The Kier molecular flexibility index (Phi) is 4.82. The van der Waals surface area contributed by atoms with Crippen LogP contribution in [0.15, 0.2) is 72.8 Å². The molecule has 4 aromatic rings. The van der Waals surface area contributed by atoms with Crippen LogP contribution in [0.4, 0.5) is 20.3 Å². The molecule has 0 spiro atoms. The number of hydrogen-bond acceptors (Lipinski definition) is 3. The lowest BCUT2D eigenvalue weighted by molar-refractivity contribution is 0.102. The minimum Gasteiger partial charge on any atom is -0.363 e. The second-order valence-electron chi connectivity index (χ2n) is 7.62. The fraction of sp³-hybridized carbons (Fsp3) is 0.120. The summed E-state index contributed by atoms with van der Waals surface area (Å²) in [5.74, 6) is -1.43. The molecule has 0 aliphatic heterocycles. The van der Waals surface area contributed by atoms with Gasteiger partial charge in [0.15, 0.2) is 0 Å². The molecule has 3 aromatic carbocycles. The summed E-state index contributed by atoms with van der Waals surface area (Å²) in [6.07, 6.45) is 2.05. The third kappa shape index (κ3) is 3.84. The van der Waals surface area contributed by atoms with E-state index < -0.39 is 17.5 Å². The molecule has 6 heteroatoms. The molecule has 0 radical (unpaired) electrons. The second kappa shape index (κ2) is 7.80. The summed E-state index contributed by atoms with van der Waals surface area (Å²) >= 11 is 0. The Balaban J connectivity index is 1.40. The Hall–Kier alpha value is -3.80. The van der Waals surface area contributed by atoms with E-state index in [0.29, 0.717) is 11.2 Å². The van der Waals surface area contributed by atoms with Crippen LogP contribution < -0.4 is 10.6 Å². The monoisotopic (exact) mass is 415 g/mol. The van der Waals surface area contributed by atoms with Crippen molar-refractivity contribution in [2.75, 3.05) is 10.6 Å². The lowest BCUT2D eigenvalue weighted by Crippen LogP contribution is -2.13. The average Bonchev–Trinajstić information content (AvgIpc) is 3.16. The number of benzene rings is 3. The number of carbonyl (C=O) groups excluding carboxylic acids is 1. The van der Waals surface area contributed by atoms with Gasteiger partial charge in [-0.15, -0.1) is 0 Å². The maximum atomic E-state index is 13.4. The number of hydrogen-bond donors (Lipinski definition) is 2. The van der Waals surface area contributed by atoms with Crippen molar-refractivity contribution in [2.24, 2.45) is 0 Å². The van der Waals surface area contributed by atoms with Crippen molar-refractivity contribution in [3.8, 4) is 0 Å². The predicted octanol–water partition coefficient (Wildman–Crippen LogP) is 5.86. The topological polar surface area (TPSA) is 54.0 Å². The summed E-state index contributed by atoms with van der Waals surface area (Å²) in [7, 11) is 0. The van der Waals surface area contributed by atoms with E-state index in [2.05, 4.69) is 28.8 Å². The molecule has 0 saturated carbocycles. The minimum absolute atomic E-state index is 0.0827. The van der Waals surface area contributed by atoms with E-state index in [9.17, 15) is 13.6 Å². The number of anilines is 2. The third-order valence-electron chi connectivity index (χ3n) is 5.56. The minimum atomic E-state index is -0.797. The van der Waals surface area contributed by atoms with Crippen LogP contribution >= 0.6 is 0 Å². The summed E-state index contributed by atoms with van der Waals surface area (Å²) in [6, 6.07) is 20.5. The summed E-state index contributed by atoms with van der Waals surface area (Å²) < 4.78 is 26.9. The smallest absolute Gasteiger partial charge is 0.255 e. The van der Waals surface area contributed by atoms with Crippen LogP contribution in [-0.2, 0) is 6.42 Å². The highest BCUT2D eigenvalue weighted by Gasteiger charge is 2.22. The number of nitrogens with one attached hydrogen (secondary N) is 2. The molecule has 0 unspecified atom stereocenters. The molecule has 1 aromatic heterocycles. The largest absolute Gasteiger partial charge is 0.363 e. The molecule has 154 valence electrons. The van der Waals surface area contributed by atoms with Gasteiger partial charge in [-0.25, -0.2) is 13.8 Å². The quantitative estimate of drug-likeness (QED) is 0.439. The fourth-order valence-electron chi connectivity index (χ4n) is 4.11. The van der Waals surface area contributed by atoms with Crippen molar-refractivity contribution < 1.29 is 13.6 Å². The molecule has 1 atom stereocenters. The first-order chi connectivity index (χ1) is 15.1. The maximum absolute atomic E-state index is 13.4. The first-order valence-corrected chi connectivity index (χ1v) is 10.1. The summed E-state index contributed by atoms with van der Waals surface area (Å²) in [6.45, 7) is 0. The van der Waals surface area contributed by atoms with Crippen molar-refractivity contribution in [1.82, 2.24) is 4.98 Å². The average molecular weight is 415 g/mol. The number of nitrogens with zero attached hydrogens (tertiary/aromatic N) is 1. The number of fused-ring (bicyclic) bond motifs is 2. The zero-order valence-corrected chi connectivity index (χ0v) is 16.5. The molecular formula is C25H19F2N3O. The number of rotatable bonds is 4. The van der Waals surface area contributed by atoms with Crippen molar-refractivity contribution in [3.63, 3.8) is 0 Å². The van der Waals surface area contributed by atoms with Crippen molar-refractivity contribution >= 4 is 28.3 Å². The van der Waals surface area contributed by atoms with E-state index >= 15 is 0 Å². The molecule has 0 fully saturated rings. The van der Waals surface area contributed by atoms with Gasteiger partial charge in [0.25, 0.3) is 5.91 Å². The number of carbonyl (C=O) groups is 1. The van der Waals surface area contributed by atoms with Crippen molar-refractivity contribution in [2.45, 2.75) is 18.9 Å². The first kappa shape index (κ1) is 19.2. The molecular weight excluding hydrogens is 396 g/mol. The highest BCUT2D eigenvalue weighted by molar-refractivity contribution is 6.08. The van der Waals surface area contributed by atoms with Crippen LogP contribution in [0, 0.1) is 11.6 Å². The molecule has 1 amide bonds. The van der Waals surface area contributed by atoms with Gasteiger partial charge in [0, 0.05) is 17.0 Å². The zero-order chi connectivity index (χ0) is 21.4. The van der Waals surface area contributed by atoms with Gasteiger partial charge in [0.05, 0.1) is 17.2 Å². The lowest BCUT2D eigenvalue weighted by atomic mass is 10.1. The van der Waals surface area contributed by atoms with Crippen molar-refractivity contribution in [3.05, 3.63) is 101 Å². The Labute approximate surface area is 177 Å². The SMILES string of the molecule is O=C(Nc1cccc2nc(N[C@@H]3CCc4ccccc43)ccc12)c1cc(F)cc(F)c1. The Morgan fingerprint density at radius 2 is 1.74 bits per heavy atom. The van der Waals surface area contributed by atoms with Gasteiger partial charge in [-0.2, -0.15) is 0 Å². The standard InChI is InChI=1S/C25H19F2N3O/c26-17-12-16(13-18(27)14-17)25(31)30-22-7-3-6-21-20(22)9-11-24(28-21)29-23-10-8-15-4-1-2-5-19(15)23/h1-7,9,11-14,23H,8,10H2,(H,28,29)(H,30,31)/t23-/m1/s1. The van der Waals surface area contributed by atoms with E-state index in [1.165, 1.54) is 11.1 Å². The highest BCUT2D eigenvalue weighted by atomic mass is 19.1. The van der Waals surface area contributed by atoms with E-state index in [4.69, 9.17) is 4.98 Å². The molecule has 1 aliphatic carbocycles. The van der Waals surface area contributed by atoms with Crippen LogP contribution in [0.1, 0.15) is 33.9 Å². The van der Waals surface area contributed by atoms with Gasteiger partial charge in [-0.05, 0) is 60.4 Å². The van der Waals surface area contributed by atoms with Crippen LogP contribution in [-0.4, -0.2) is 10.9 Å². The number of pyridine rings is 1. The fourth-order valence-corrected chi connectivity index (χ4v) is 4.11. The van der Waals surface area contributed by atoms with Crippen LogP contribution in [0.3, 0.4) is 0 Å². The van der Waals surface area contributed by atoms with E-state index in [1.807, 2.05) is 24.3 Å². The molecule has 1 heterocycles. The molecule has 4 nitrogen and oxygen atoms in total. The summed E-state index contributed by atoms with van der Waals surface area (Å²) in [5, 5.41) is 6.98. The number of amides is 1. The molecule has 31 heavy (non-hydrogen) atoms. The highest BCUT2D eigenvalue weighted by Crippen LogP contribution is 2.34. The Bertz CT molecular complexity index is 1280.